The molecule has 3 fully saturated rings. The fraction of sp³-hybridized carbons (Fsp3) is 0.429. The molecule has 2 aliphatic heterocycles. The van der Waals surface area contributed by atoms with Crippen LogP contribution in [0, 0.1) is 0 Å². The summed E-state index contributed by atoms with van der Waals surface area (Å²) in [5.41, 5.74) is 3.41. The summed E-state index contributed by atoms with van der Waals surface area (Å²) in [6.45, 7) is 8.42. The molecule has 8 heteroatoms. The second-order valence-electron chi connectivity index (χ2n) is 9.25. The van der Waals surface area contributed by atoms with Crippen LogP contribution < -0.4 is 0 Å². The number of fused-ring (bicyclic) bond motifs is 2. The first kappa shape index (κ1) is 24.6. The normalized spacial score (nSPS) is 26.2. The zero-order valence-corrected chi connectivity index (χ0v) is 20.5. The molecule has 0 aromatic rings. The number of allylic oxidation sites excluding steroid dienone is 8. The number of aliphatic imine (C=N–C) groups is 2. The van der Waals surface area contributed by atoms with Crippen molar-refractivity contribution in [1.29, 1.82) is 0 Å². The Morgan fingerprint density at radius 2 is 1.08 bits per heavy atom. The van der Waals surface area contributed by atoms with Crippen LogP contribution in [-0.2, 0) is 19.1 Å². The van der Waals surface area contributed by atoms with Crippen LogP contribution in [0.2, 0.25) is 0 Å². The van der Waals surface area contributed by atoms with Gasteiger partial charge in [0.25, 0.3) is 0 Å². The predicted molar refractivity (Wildman–Crippen MR) is 139 cm³/mol. The molecule has 0 atom stereocenters. The first-order valence-electron chi connectivity index (χ1n) is 12.7. The maximum Gasteiger partial charge on any atom is 0.194 e. The van der Waals surface area contributed by atoms with Gasteiger partial charge in [-0.15, -0.1) is 0 Å². The Morgan fingerprint density at radius 1 is 0.667 bits per heavy atom. The van der Waals surface area contributed by atoms with Crippen LogP contribution in [0.1, 0.15) is 12.8 Å². The van der Waals surface area contributed by atoms with E-state index in [1.807, 2.05) is 24.3 Å². The molecule has 36 heavy (non-hydrogen) atoms. The topological polar surface area (TPSA) is 83.8 Å². The van der Waals surface area contributed by atoms with E-state index in [-0.39, 0.29) is 11.6 Å². The van der Waals surface area contributed by atoms with E-state index in [2.05, 4.69) is 19.8 Å². The molecule has 188 valence electrons. The van der Waals surface area contributed by atoms with Crippen LogP contribution in [0.15, 0.2) is 81.1 Å². The highest BCUT2D eigenvalue weighted by Crippen LogP contribution is 2.35. The molecular weight excluding hydrogens is 456 g/mol. The summed E-state index contributed by atoms with van der Waals surface area (Å²) in [5.74, 6) is -0.225. The molecule has 0 aromatic heterocycles. The number of hydrogen-bond acceptors (Lipinski definition) is 8. The van der Waals surface area contributed by atoms with Crippen molar-refractivity contribution in [3.05, 3.63) is 71.1 Å². The van der Waals surface area contributed by atoms with E-state index in [4.69, 9.17) is 9.47 Å². The summed E-state index contributed by atoms with van der Waals surface area (Å²) in [6.07, 6.45) is 15.9. The lowest BCUT2D eigenvalue weighted by molar-refractivity contribution is -0.117. The highest BCUT2D eigenvalue weighted by molar-refractivity contribution is 6.37. The summed E-state index contributed by atoms with van der Waals surface area (Å²) in [7, 11) is 0. The van der Waals surface area contributed by atoms with Gasteiger partial charge in [0, 0.05) is 98.2 Å². The van der Waals surface area contributed by atoms with Crippen molar-refractivity contribution in [2.24, 2.45) is 9.98 Å². The van der Waals surface area contributed by atoms with Crippen molar-refractivity contribution in [3.8, 4) is 0 Å². The Hall–Kier alpha value is -3.04. The number of rotatable bonds is 6. The molecule has 3 aliphatic carbocycles. The van der Waals surface area contributed by atoms with Gasteiger partial charge in [-0.05, 0) is 12.2 Å². The highest BCUT2D eigenvalue weighted by atomic mass is 16.5. The zero-order chi connectivity index (χ0) is 24.7. The SMILES string of the molecule is O=C1C2=CCC(=NC=CCN3CCOCC3)C=C2C(=O)C2=CCC(=NC=CCN3CCOCC3)C=C12. The van der Waals surface area contributed by atoms with E-state index >= 15 is 0 Å². The summed E-state index contributed by atoms with van der Waals surface area (Å²) in [5, 5.41) is 0. The van der Waals surface area contributed by atoms with Crippen molar-refractivity contribution in [2.45, 2.75) is 12.8 Å². The predicted octanol–water partition coefficient (Wildman–Crippen LogP) is 2.23. The van der Waals surface area contributed by atoms with Gasteiger partial charge in [0.1, 0.15) is 0 Å². The molecule has 5 aliphatic rings. The summed E-state index contributed by atoms with van der Waals surface area (Å²) >= 11 is 0. The largest absolute Gasteiger partial charge is 0.379 e. The van der Waals surface area contributed by atoms with Gasteiger partial charge in [-0.3, -0.25) is 29.4 Å². The second kappa shape index (κ2) is 11.8. The summed E-state index contributed by atoms with van der Waals surface area (Å²) in [4.78, 5) is 40.1. The number of hydrogen-bond donors (Lipinski definition) is 0. The van der Waals surface area contributed by atoms with Crippen LogP contribution in [0.25, 0.3) is 0 Å². The Labute approximate surface area is 211 Å². The van der Waals surface area contributed by atoms with Crippen LogP contribution in [-0.4, -0.2) is 98.5 Å². The quantitative estimate of drug-likeness (QED) is 0.570. The lowest BCUT2D eigenvalue weighted by atomic mass is 9.75. The van der Waals surface area contributed by atoms with Crippen molar-refractivity contribution < 1.29 is 19.1 Å². The van der Waals surface area contributed by atoms with Crippen LogP contribution >= 0.6 is 0 Å². The fourth-order valence-electron chi connectivity index (χ4n) is 4.77. The summed E-state index contributed by atoms with van der Waals surface area (Å²) in [6, 6.07) is 0. The first-order valence-corrected chi connectivity index (χ1v) is 12.7. The van der Waals surface area contributed by atoms with Crippen molar-refractivity contribution in [3.63, 3.8) is 0 Å². The maximum absolute atomic E-state index is 13.2. The number of morpholine rings is 2. The van der Waals surface area contributed by atoms with E-state index in [1.165, 1.54) is 0 Å². The molecule has 1 saturated carbocycles. The van der Waals surface area contributed by atoms with E-state index < -0.39 is 0 Å². The average Bonchev–Trinajstić information content (AvgIpc) is 2.93. The molecular formula is C28H32N4O4. The van der Waals surface area contributed by atoms with Gasteiger partial charge in [0.05, 0.1) is 26.4 Å². The lowest BCUT2D eigenvalue weighted by Gasteiger charge is -2.26. The Bertz CT molecular complexity index is 1050. The van der Waals surface area contributed by atoms with Gasteiger partial charge in [-0.2, -0.15) is 0 Å². The second-order valence-corrected chi connectivity index (χ2v) is 9.25. The Kier molecular flexibility index (Phi) is 8.08. The van der Waals surface area contributed by atoms with E-state index in [1.54, 1.807) is 24.6 Å². The first-order chi connectivity index (χ1) is 17.7. The average molecular weight is 489 g/mol. The third-order valence-electron chi connectivity index (χ3n) is 6.84. The highest BCUT2D eigenvalue weighted by Gasteiger charge is 2.37. The van der Waals surface area contributed by atoms with Gasteiger partial charge in [-0.1, -0.05) is 24.3 Å². The van der Waals surface area contributed by atoms with Gasteiger partial charge in [0.15, 0.2) is 11.6 Å². The number of carbonyl (C=O) groups is 2. The molecule has 2 saturated heterocycles. The molecule has 0 N–H and O–H groups in total. The molecule has 2 heterocycles. The zero-order valence-electron chi connectivity index (χ0n) is 20.5. The van der Waals surface area contributed by atoms with Crippen LogP contribution in [0.3, 0.4) is 0 Å². The molecule has 0 bridgehead atoms. The van der Waals surface area contributed by atoms with Gasteiger partial charge < -0.3 is 9.47 Å². The van der Waals surface area contributed by atoms with E-state index in [0.717, 1.165) is 77.1 Å². The number of nitrogens with zero attached hydrogens (tertiary/aromatic N) is 4. The minimum atomic E-state index is -0.112. The minimum absolute atomic E-state index is 0.112. The molecule has 0 amide bonds. The molecule has 5 rings (SSSR count). The maximum atomic E-state index is 13.2. The lowest BCUT2D eigenvalue weighted by Crippen LogP contribution is -2.36. The Balaban J connectivity index is 1.23. The smallest absolute Gasteiger partial charge is 0.194 e. The number of ketones is 2. The van der Waals surface area contributed by atoms with E-state index in [9.17, 15) is 9.59 Å². The van der Waals surface area contributed by atoms with Crippen molar-refractivity contribution in [1.82, 2.24) is 9.80 Å². The third kappa shape index (κ3) is 5.84. The monoisotopic (exact) mass is 488 g/mol. The van der Waals surface area contributed by atoms with Gasteiger partial charge in [-0.25, -0.2) is 0 Å². The standard InChI is InChI=1S/C28H32N4O4/c33-27-24-6-4-22(30-8-2-10-32-13-17-36-18-14-32)20-26(24)28(34)23-5-3-21(19-25(23)27)29-7-1-9-31-11-15-35-16-12-31/h1-2,5-8,19-20H,3-4,9-18H2. The Morgan fingerprint density at radius 3 is 1.50 bits per heavy atom. The third-order valence-corrected chi connectivity index (χ3v) is 6.84. The minimum Gasteiger partial charge on any atom is -0.379 e. The summed E-state index contributed by atoms with van der Waals surface area (Å²) < 4.78 is 10.7. The molecule has 8 nitrogen and oxygen atoms in total. The van der Waals surface area contributed by atoms with Gasteiger partial charge >= 0.3 is 0 Å². The molecule has 0 aromatic carbocycles. The van der Waals surface area contributed by atoms with Crippen molar-refractivity contribution in [2.75, 3.05) is 65.7 Å². The van der Waals surface area contributed by atoms with E-state index in [0.29, 0.717) is 35.1 Å². The fourth-order valence-corrected chi connectivity index (χ4v) is 4.77. The number of Topliss-reactive ketones (excluding diaryl/α,β-unsaturated/α-hetero) is 2. The number of ether oxygens (including phenoxy) is 2. The van der Waals surface area contributed by atoms with Crippen molar-refractivity contribution >= 4 is 23.0 Å². The molecule has 0 radical (unpaired) electrons. The molecule has 0 unspecified atom stereocenters. The van der Waals surface area contributed by atoms with Crippen LogP contribution in [0.5, 0.6) is 0 Å². The number of carbonyl (C=O) groups excluding carboxylic acids is 2. The van der Waals surface area contributed by atoms with Crippen LogP contribution in [0.4, 0.5) is 0 Å². The molecule has 0 spiro atoms. The van der Waals surface area contributed by atoms with Gasteiger partial charge in [0.2, 0.25) is 0 Å².